The van der Waals surface area contributed by atoms with E-state index in [1.54, 1.807) is 24.1 Å². The third kappa shape index (κ3) is 4.49. The fourth-order valence-electron chi connectivity index (χ4n) is 3.00. The number of fused-ring (bicyclic) bond motifs is 2. The first-order valence-corrected chi connectivity index (χ1v) is 9.49. The normalized spacial score (nSPS) is 12.6. The van der Waals surface area contributed by atoms with Crippen molar-refractivity contribution in [2.24, 2.45) is 0 Å². The first-order valence-electron chi connectivity index (χ1n) is 9.49. The van der Waals surface area contributed by atoms with Gasteiger partial charge in [0.15, 0.2) is 17.1 Å². The molecule has 3 aromatic rings. The predicted octanol–water partition coefficient (Wildman–Crippen LogP) is 1.44. The minimum atomic E-state index is -0.194. The number of methoxy groups -OCH3 is 1. The summed E-state index contributed by atoms with van der Waals surface area (Å²) in [6, 6.07) is 5.52. The number of amides is 1. The Bertz CT molecular complexity index is 1060. The SMILES string of the molecule is COCCNc1ncnc2c1cnn2CCNC(=O)/C=C/c1ccc2c(c1)OCO2. The van der Waals surface area contributed by atoms with E-state index in [0.717, 1.165) is 10.9 Å². The summed E-state index contributed by atoms with van der Waals surface area (Å²) in [4.78, 5) is 20.7. The van der Waals surface area contributed by atoms with E-state index >= 15 is 0 Å². The van der Waals surface area contributed by atoms with Gasteiger partial charge in [0.05, 0.1) is 24.7 Å². The van der Waals surface area contributed by atoms with Crippen molar-refractivity contribution in [1.29, 1.82) is 0 Å². The third-order valence-corrected chi connectivity index (χ3v) is 4.48. The molecule has 0 aliphatic carbocycles. The first-order chi connectivity index (χ1) is 14.7. The van der Waals surface area contributed by atoms with Crippen LogP contribution in [0.3, 0.4) is 0 Å². The second kappa shape index (κ2) is 9.23. The van der Waals surface area contributed by atoms with E-state index in [0.29, 0.717) is 49.2 Å². The molecule has 0 radical (unpaired) electrons. The van der Waals surface area contributed by atoms with E-state index in [-0.39, 0.29) is 12.7 Å². The topological polar surface area (TPSA) is 112 Å². The second-order valence-corrected chi connectivity index (χ2v) is 6.48. The molecule has 1 aliphatic heterocycles. The number of nitrogens with one attached hydrogen (secondary N) is 2. The van der Waals surface area contributed by atoms with Crippen LogP contribution < -0.4 is 20.1 Å². The minimum Gasteiger partial charge on any atom is -0.454 e. The zero-order valence-corrected chi connectivity index (χ0v) is 16.5. The molecule has 1 aliphatic rings. The fourth-order valence-corrected chi connectivity index (χ4v) is 3.00. The summed E-state index contributed by atoms with van der Waals surface area (Å²) >= 11 is 0. The number of ether oxygens (including phenoxy) is 3. The molecule has 0 fully saturated rings. The molecule has 1 aromatic carbocycles. The van der Waals surface area contributed by atoms with Gasteiger partial charge in [0.1, 0.15) is 12.1 Å². The number of rotatable bonds is 9. The Morgan fingerprint density at radius 1 is 1.27 bits per heavy atom. The van der Waals surface area contributed by atoms with E-state index in [1.165, 1.54) is 12.4 Å². The molecule has 0 saturated carbocycles. The van der Waals surface area contributed by atoms with Crippen LogP contribution in [0.2, 0.25) is 0 Å². The van der Waals surface area contributed by atoms with Gasteiger partial charge in [0.25, 0.3) is 0 Å². The zero-order chi connectivity index (χ0) is 20.8. The highest BCUT2D eigenvalue weighted by Crippen LogP contribution is 2.32. The second-order valence-electron chi connectivity index (χ2n) is 6.48. The van der Waals surface area contributed by atoms with Crippen molar-refractivity contribution in [3.05, 3.63) is 42.4 Å². The first kappa shape index (κ1) is 19.6. The molecule has 2 N–H and O–H groups in total. The molecule has 0 bridgehead atoms. The highest BCUT2D eigenvalue weighted by Gasteiger charge is 2.12. The van der Waals surface area contributed by atoms with Crippen molar-refractivity contribution in [3.63, 3.8) is 0 Å². The number of aromatic nitrogens is 4. The number of benzene rings is 1. The predicted molar refractivity (Wildman–Crippen MR) is 110 cm³/mol. The summed E-state index contributed by atoms with van der Waals surface area (Å²) in [5.74, 6) is 1.91. The maximum atomic E-state index is 12.1. The van der Waals surface area contributed by atoms with Gasteiger partial charge in [-0.15, -0.1) is 0 Å². The van der Waals surface area contributed by atoms with Crippen LogP contribution in [0, 0.1) is 0 Å². The van der Waals surface area contributed by atoms with Crippen LogP contribution in [0.15, 0.2) is 36.8 Å². The van der Waals surface area contributed by atoms with Crippen LogP contribution in [0.25, 0.3) is 17.1 Å². The van der Waals surface area contributed by atoms with E-state index in [2.05, 4.69) is 25.7 Å². The number of nitrogens with zero attached hydrogens (tertiary/aromatic N) is 4. The average molecular weight is 410 g/mol. The fraction of sp³-hybridized carbons (Fsp3) is 0.300. The molecule has 0 saturated heterocycles. The Labute approximate surface area is 172 Å². The summed E-state index contributed by atoms with van der Waals surface area (Å²) in [5, 5.41) is 11.2. The van der Waals surface area contributed by atoms with Crippen molar-refractivity contribution in [3.8, 4) is 11.5 Å². The van der Waals surface area contributed by atoms with Gasteiger partial charge in [-0.25, -0.2) is 14.6 Å². The summed E-state index contributed by atoms with van der Waals surface area (Å²) in [6.45, 7) is 2.34. The van der Waals surface area contributed by atoms with Crippen LogP contribution >= 0.6 is 0 Å². The van der Waals surface area contributed by atoms with Crippen LogP contribution in [-0.2, 0) is 16.1 Å². The van der Waals surface area contributed by atoms with Crippen molar-refractivity contribution >= 4 is 28.8 Å². The molecule has 4 rings (SSSR count). The Balaban J connectivity index is 1.31. The van der Waals surface area contributed by atoms with Crippen LogP contribution in [-0.4, -0.2) is 59.3 Å². The van der Waals surface area contributed by atoms with Gasteiger partial charge in [0.2, 0.25) is 12.7 Å². The van der Waals surface area contributed by atoms with Crippen molar-refractivity contribution in [2.75, 3.05) is 38.9 Å². The largest absolute Gasteiger partial charge is 0.454 e. The van der Waals surface area contributed by atoms with Gasteiger partial charge in [-0.1, -0.05) is 6.07 Å². The van der Waals surface area contributed by atoms with E-state index < -0.39 is 0 Å². The van der Waals surface area contributed by atoms with Crippen LogP contribution in [0.4, 0.5) is 5.82 Å². The molecule has 3 heterocycles. The molecule has 1 amide bonds. The van der Waals surface area contributed by atoms with Gasteiger partial charge in [0, 0.05) is 26.3 Å². The molecule has 10 heteroatoms. The average Bonchev–Trinajstić information content (AvgIpc) is 3.39. The van der Waals surface area contributed by atoms with E-state index in [9.17, 15) is 4.79 Å². The maximum Gasteiger partial charge on any atom is 0.244 e. The number of hydrogen-bond acceptors (Lipinski definition) is 8. The lowest BCUT2D eigenvalue weighted by Crippen LogP contribution is -2.25. The quantitative estimate of drug-likeness (QED) is 0.403. The summed E-state index contributed by atoms with van der Waals surface area (Å²) in [7, 11) is 1.65. The Morgan fingerprint density at radius 3 is 3.07 bits per heavy atom. The highest BCUT2D eigenvalue weighted by atomic mass is 16.7. The molecule has 10 nitrogen and oxygen atoms in total. The molecule has 0 atom stereocenters. The molecule has 30 heavy (non-hydrogen) atoms. The summed E-state index contributed by atoms with van der Waals surface area (Å²) in [5.41, 5.74) is 1.56. The molecular formula is C20H22N6O4. The van der Waals surface area contributed by atoms with Gasteiger partial charge in [-0.3, -0.25) is 4.79 Å². The molecule has 2 aromatic heterocycles. The van der Waals surface area contributed by atoms with Gasteiger partial charge in [-0.2, -0.15) is 5.10 Å². The van der Waals surface area contributed by atoms with Gasteiger partial charge < -0.3 is 24.8 Å². The Kier molecular flexibility index (Phi) is 6.04. The van der Waals surface area contributed by atoms with Gasteiger partial charge >= 0.3 is 0 Å². The van der Waals surface area contributed by atoms with Crippen LogP contribution in [0.1, 0.15) is 5.56 Å². The number of hydrogen-bond donors (Lipinski definition) is 2. The van der Waals surface area contributed by atoms with E-state index in [1.807, 2.05) is 18.2 Å². The number of anilines is 1. The summed E-state index contributed by atoms with van der Waals surface area (Å²) in [6.07, 6.45) is 6.42. The van der Waals surface area contributed by atoms with Crippen molar-refractivity contribution in [1.82, 2.24) is 25.1 Å². The molecule has 0 unspecified atom stereocenters. The minimum absolute atomic E-state index is 0.194. The lowest BCUT2D eigenvalue weighted by Gasteiger charge is -2.06. The molecule has 0 spiro atoms. The number of carbonyl (C=O) groups is 1. The maximum absolute atomic E-state index is 12.1. The lowest BCUT2D eigenvalue weighted by atomic mass is 10.2. The van der Waals surface area contributed by atoms with Gasteiger partial charge in [-0.05, 0) is 23.8 Å². The van der Waals surface area contributed by atoms with E-state index in [4.69, 9.17) is 14.2 Å². The Hall–Kier alpha value is -3.66. The highest BCUT2D eigenvalue weighted by molar-refractivity contribution is 5.91. The summed E-state index contributed by atoms with van der Waals surface area (Å²) < 4.78 is 17.4. The lowest BCUT2D eigenvalue weighted by molar-refractivity contribution is -0.116. The monoisotopic (exact) mass is 410 g/mol. The Morgan fingerprint density at radius 2 is 2.17 bits per heavy atom. The van der Waals surface area contributed by atoms with Crippen molar-refractivity contribution in [2.45, 2.75) is 6.54 Å². The molecule has 156 valence electrons. The molecular weight excluding hydrogens is 388 g/mol. The third-order valence-electron chi connectivity index (χ3n) is 4.48. The number of carbonyl (C=O) groups excluding carboxylic acids is 1. The smallest absolute Gasteiger partial charge is 0.244 e. The van der Waals surface area contributed by atoms with Crippen molar-refractivity contribution < 1.29 is 19.0 Å². The zero-order valence-electron chi connectivity index (χ0n) is 16.5. The van der Waals surface area contributed by atoms with Crippen LogP contribution in [0.5, 0.6) is 11.5 Å². The standard InChI is InChI=1S/C20H22N6O4/c1-28-9-7-22-19-15-11-25-26(20(15)24-12-23-19)8-6-21-18(27)5-3-14-2-4-16-17(10-14)30-13-29-16/h2-5,10-12H,6-9,13H2,1H3,(H,21,27)(H,22,23,24)/b5-3+.